The fourth-order valence-corrected chi connectivity index (χ4v) is 4.93. The number of ether oxygens (including phenoxy) is 1. The van der Waals surface area contributed by atoms with Crippen molar-refractivity contribution in [2.75, 3.05) is 25.1 Å². The van der Waals surface area contributed by atoms with Crippen molar-refractivity contribution < 1.29 is 54.2 Å². The smallest absolute Gasteiger partial charge is 0.376 e. The third-order valence-electron chi connectivity index (χ3n) is 6.76. The summed E-state index contributed by atoms with van der Waals surface area (Å²) >= 11 is 0. The molecule has 1 unspecified atom stereocenters. The zero-order chi connectivity index (χ0) is 28.4. The van der Waals surface area contributed by atoms with Crippen molar-refractivity contribution >= 4 is 23.3 Å². The van der Waals surface area contributed by atoms with Gasteiger partial charge in [-0.05, 0) is 6.07 Å². The summed E-state index contributed by atoms with van der Waals surface area (Å²) in [7, 11) is 0. The molecule has 208 valence electrons. The van der Waals surface area contributed by atoms with Gasteiger partial charge in [-0.2, -0.15) is 13.2 Å². The minimum atomic E-state index is -4.98. The van der Waals surface area contributed by atoms with Crippen LogP contribution in [0.3, 0.4) is 0 Å². The normalized spacial score (nSPS) is 23.2. The Bertz CT molecular complexity index is 1230. The van der Waals surface area contributed by atoms with Gasteiger partial charge in [0.2, 0.25) is 11.7 Å². The van der Waals surface area contributed by atoms with E-state index in [9.17, 15) is 49.5 Å². The van der Waals surface area contributed by atoms with Crippen LogP contribution in [-0.2, 0) is 19.1 Å². The molecule has 2 amide bonds. The predicted molar refractivity (Wildman–Crippen MR) is 111 cm³/mol. The van der Waals surface area contributed by atoms with Crippen LogP contribution in [0.1, 0.15) is 32.4 Å². The number of nitrogens with one attached hydrogen (secondary N) is 2. The average Bonchev–Trinajstić information content (AvgIpc) is 3.14. The number of rotatable bonds is 6. The van der Waals surface area contributed by atoms with Crippen LogP contribution in [0, 0.1) is 11.2 Å². The lowest BCUT2D eigenvalue weighted by Gasteiger charge is -2.42. The van der Waals surface area contributed by atoms with Gasteiger partial charge in [0.25, 0.3) is 18.3 Å². The molecule has 1 atom stereocenters. The maximum absolute atomic E-state index is 14.4. The second-order valence-electron chi connectivity index (χ2n) is 9.81. The van der Waals surface area contributed by atoms with E-state index < -0.39 is 108 Å². The molecular formula is C22H20F8N4O4. The number of allylic oxidation sites excluding steroid dienone is 1. The van der Waals surface area contributed by atoms with Crippen LogP contribution in [0.5, 0.6) is 0 Å². The van der Waals surface area contributed by atoms with Gasteiger partial charge < -0.3 is 20.3 Å². The zero-order valence-corrected chi connectivity index (χ0v) is 19.7. The number of carbonyl (C=O) groups is 3. The van der Waals surface area contributed by atoms with Crippen LogP contribution < -0.4 is 10.6 Å². The van der Waals surface area contributed by atoms with Gasteiger partial charge in [-0.3, -0.25) is 19.4 Å². The first kappa shape index (κ1) is 27.7. The monoisotopic (exact) mass is 556 g/mol. The van der Waals surface area contributed by atoms with E-state index >= 15 is 0 Å². The summed E-state index contributed by atoms with van der Waals surface area (Å²) in [6.45, 7) is -0.568. The van der Waals surface area contributed by atoms with E-state index in [-0.39, 0.29) is 0 Å². The topological polar surface area (TPSA) is 101 Å². The van der Waals surface area contributed by atoms with Crippen LogP contribution in [-0.4, -0.2) is 70.9 Å². The molecule has 16 heteroatoms. The number of amides is 2. The van der Waals surface area contributed by atoms with E-state index in [1.165, 1.54) is 13.8 Å². The Morgan fingerprint density at radius 2 is 1.82 bits per heavy atom. The summed E-state index contributed by atoms with van der Waals surface area (Å²) in [5, 5.41) is 3.62. The minimum absolute atomic E-state index is 0.435. The molecule has 8 nitrogen and oxygen atoms in total. The molecule has 0 spiro atoms. The number of fused-ring (bicyclic) bond motifs is 1. The van der Waals surface area contributed by atoms with E-state index in [4.69, 9.17) is 0 Å². The quantitative estimate of drug-likeness (QED) is 0.413. The van der Waals surface area contributed by atoms with Crippen molar-refractivity contribution in [1.29, 1.82) is 0 Å². The number of anilines is 1. The number of halogens is 8. The van der Waals surface area contributed by atoms with Crippen molar-refractivity contribution in [2.24, 2.45) is 5.41 Å². The van der Waals surface area contributed by atoms with Crippen LogP contribution in [0.2, 0.25) is 0 Å². The molecule has 3 aliphatic heterocycles. The molecule has 4 heterocycles. The Morgan fingerprint density at radius 3 is 2.34 bits per heavy atom. The molecular weight excluding hydrogens is 536 g/mol. The van der Waals surface area contributed by atoms with Gasteiger partial charge in [0.15, 0.2) is 11.4 Å². The lowest BCUT2D eigenvalue weighted by atomic mass is 9.76. The molecule has 0 aromatic carbocycles. The Kier molecular flexibility index (Phi) is 6.48. The van der Waals surface area contributed by atoms with E-state index in [2.05, 4.69) is 9.72 Å². The molecule has 4 rings (SSSR count). The number of aromatic nitrogens is 1. The summed E-state index contributed by atoms with van der Waals surface area (Å²) in [6.07, 6.45) is -8.62. The maximum atomic E-state index is 14.4. The molecule has 1 aromatic rings. The summed E-state index contributed by atoms with van der Waals surface area (Å²) in [5.74, 6) is -9.53. The molecule has 0 aliphatic carbocycles. The Hall–Kier alpha value is -3.30. The largest absolute Gasteiger partial charge is 0.416 e. The summed E-state index contributed by atoms with van der Waals surface area (Å²) < 4.78 is 114. The van der Waals surface area contributed by atoms with Gasteiger partial charge in [0, 0.05) is 22.9 Å². The van der Waals surface area contributed by atoms with E-state index in [1.807, 2.05) is 5.32 Å². The Morgan fingerprint density at radius 1 is 1.18 bits per heavy atom. The number of hydrogen-bond acceptors (Lipinski definition) is 6. The Labute approximate surface area is 209 Å². The molecule has 2 fully saturated rings. The molecule has 0 radical (unpaired) electrons. The second-order valence-corrected chi connectivity index (χ2v) is 9.81. The van der Waals surface area contributed by atoms with Gasteiger partial charge in [-0.25, -0.2) is 22.0 Å². The molecule has 38 heavy (non-hydrogen) atoms. The SMILES string of the molecule is CC1(C)C(C(=O)C(=O)NC2(C(F)(F)F)COC2)=C2CC(F)(F)CN2C1C(=O)Nc1ccnc(C(F)F)c1F. The fourth-order valence-electron chi connectivity index (χ4n) is 4.93. The van der Waals surface area contributed by atoms with Gasteiger partial charge in [0.05, 0.1) is 31.9 Å². The second kappa shape index (κ2) is 8.88. The fraction of sp³-hybridized carbons (Fsp3) is 0.545. The molecule has 1 aromatic heterocycles. The standard InChI is InChI=1S/C22H20F8N4O4/c1-19(2)11(14(35)17(36)33-20(7-38-8-20)22(28,29)30)10-5-21(26,27)6-34(10)15(19)18(37)32-9-3-4-31-13(12(9)23)16(24)25/h3-4,15-16H,5-8H2,1-2H3,(H,33,36)(H,31,32,37). The molecule has 0 bridgehead atoms. The van der Waals surface area contributed by atoms with Crippen LogP contribution in [0.15, 0.2) is 23.5 Å². The van der Waals surface area contributed by atoms with Crippen LogP contribution in [0.25, 0.3) is 0 Å². The zero-order valence-electron chi connectivity index (χ0n) is 19.7. The molecule has 0 saturated carbocycles. The van der Waals surface area contributed by atoms with Gasteiger partial charge in [-0.1, -0.05) is 13.8 Å². The molecule has 2 N–H and O–H groups in total. The summed E-state index contributed by atoms with van der Waals surface area (Å²) in [5.41, 5.74) is -7.65. The number of nitrogens with zero attached hydrogens (tertiary/aromatic N) is 2. The number of pyridine rings is 1. The van der Waals surface area contributed by atoms with Gasteiger partial charge >= 0.3 is 6.18 Å². The molecule has 3 aliphatic rings. The van der Waals surface area contributed by atoms with Gasteiger partial charge in [-0.15, -0.1) is 0 Å². The lowest BCUT2D eigenvalue weighted by molar-refractivity contribution is -0.265. The van der Waals surface area contributed by atoms with Crippen molar-refractivity contribution in [3.63, 3.8) is 0 Å². The number of Topliss-reactive ketones (excluding diaryl/α,β-unsaturated/α-hetero) is 1. The molecule has 2 saturated heterocycles. The first-order valence-corrected chi connectivity index (χ1v) is 11.0. The summed E-state index contributed by atoms with van der Waals surface area (Å²) in [4.78, 5) is 43.0. The maximum Gasteiger partial charge on any atom is 0.416 e. The highest BCUT2D eigenvalue weighted by Crippen LogP contribution is 2.52. The number of alkyl halides is 7. The van der Waals surface area contributed by atoms with E-state index in [1.54, 1.807) is 5.32 Å². The van der Waals surface area contributed by atoms with Crippen molar-refractivity contribution in [3.05, 3.63) is 35.0 Å². The van der Waals surface area contributed by atoms with Crippen LogP contribution >= 0.6 is 0 Å². The highest BCUT2D eigenvalue weighted by molar-refractivity contribution is 6.43. The minimum Gasteiger partial charge on any atom is -0.376 e. The van der Waals surface area contributed by atoms with Crippen molar-refractivity contribution in [2.45, 2.75) is 50.4 Å². The van der Waals surface area contributed by atoms with E-state index in [0.29, 0.717) is 0 Å². The highest BCUT2D eigenvalue weighted by Gasteiger charge is 2.63. The first-order chi connectivity index (χ1) is 17.4. The highest BCUT2D eigenvalue weighted by atomic mass is 19.4. The lowest BCUT2D eigenvalue weighted by Crippen LogP contribution is -2.71. The predicted octanol–water partition coefficient (Wildman–Crippen LogP) is 3.12. The third kappa shape index (κ3) is 4.37. The van der Waals surface area contributed by atoms with Crippen molar-refractivity contribution in [3.8, 4) is 0 Å². The van der Waals surface area contributed by atoms with Gasteiger partial charge in [0.1, 0.15) is 11.7 Å². The average molecular weight is 556 g/mol. The number of carbonyl (C=O) groups excluding carboxylic acids is 3. The third-order valence-corrected chi connectivity index (χ3v) is 6.76. The number of hydrogen-bond donors (Lipinski definition) is 2. The summed E-state index contributed by atoms with van der Waals surface area (Å²) in [6, 6.07) is -0.825. The van der Waals surface area contributed by atoms with Crippen LogP contribution in [0.4, 0.5) is 40.8 Å². The Balaban J connectivity index is 1.66. The number of ketones is 1. The van der Waals surface area contributed by atoms with E-state index in [0.717, 1.165) is 17.2 Å². The van der Waals surface area contributed by atoms with Crippen molar-refractivity contribution in [1.82, 2.24) is 15.2 Å². The first-order valence-electron chi connectivity index (χ1n) is 11.0.